The van der Waals surface area contributed by atoms with E-state index < -0.39 is 0 Å². The third-order valence-corrected chi connectivity index (χ3v) is 5.03. The Kier molecular flexibility index (Phi) is 3.68. The van der Waals surface area contributed by atoms with Crippen LogP contribution in [0.25, 0.3) is 0 Å². The standard InChI is InChI=1S/C16H29NO/c1-12(2)10-18-6-5-16(11-17-15-3-4-15)8-13-7-14(13)9-16/h12-15,17H,3-11H2,1-2H3. The average molecular weight is 251 g/mol. The maximum Gasteiger partial charge on any atom is 0.0488 e. The lowest BCUT2D eigenvalue weighted by molar-refractivity contribution is 0.0728. The molecule has 0 amide bonds. The van der Waals surface area contributed by atoms with Gasteiger partial charge in [-0.25, -0.2) is 0 Å². The molecular weight excluding hydrogens is 222 g/mol. The van der Waals surface area contributed by atoms with Gasteiger partial charge < -0.3 is 10.1 Å². The largest absolute Gasteiger partial charge is 0.381 e. The van der Waals surface area contributed by atoms with Gasteiger partial charge in [-0.3, -0.25) is 0 Å². The summed E-state index contributed by atoms with van der Waals surface area (Å²) in [6.45, 7) is 7.63. The molecule has 0 aromatic heterocycles. The first-order valence-electron chi connectivity index (χ1n) is 7.98. The van der Waals surface area contributed by atoms with Crippen molar-refractivity contribution in [2.24, 2.45) is 23.2 Å². The Morgan fingerprint density at radius 1 is 1.22 bits per heavy atom. The summed E-state index contributed by atoms with van der Waals surface area (Å²) in [6.07, 6.45) is 8.58. The zero-order valence-electron chi connectivity index (χ0n) is 12.1. The summed E-state index contributed by atoms with van der Waals surface area (Å²) < 4.78 is 5.83. The Bertz CT molecular complexity index is 275. The SMILES string of the molecule is CC(C)COCCC1(CNC2CC2)CC2CC2C1. The van der Waals surface area contributed by atoms with E-state index in [0.29, 0.717) is 11.3 Å². The van der Waals surface area contributed by atoms with Crippen LogP contribution < -0.4 is 5.32 Å². The van der Waals surface area contributed by atoms with Gasteiger partial charge >= 0.3 is 0 Å². The van der Waals surface area contributed by atoms with Crippen LogP contribution in [0.3, 0.4) is 0 Å². The summed E-state index contributed by atoms with van der Waals surface area (Å²) in [4.78, 5) is 0. The predicted octanol–water partition coefficient (Wildman–Crippen LogP) is 3.22. The molecule has 0 bridgehead atoms. The van der Waals surface area contributed by atoms with E-state index in [4.69, 9.17) is 4.74 Å². The molecule has 2 unspecified atom stereocenters. The number of hydrogen-bond donors (Lipinski definition) is 1. The van der Waals surface area contributed by atoms with Crippen LogP contribution in [0.15, 0.2) is 0 Å². The molecule has 0 saturated heterocycles. The van der Waals surface area contributed by atoms with Gasteiger partial charge in [0.15, 0.2) is 0 Å². The van der Waals surface area contributed by atoms with Gasteiger partial charge in [0.05, 0.1) is 0 Å². The maximum atomic E-state index is 5.83. The number of nitrogens with one attached hydrogen (secondary N) is 1. The van der Waals surface area contributed by atoms with Gasteiger partial charge in [0.25, 0.3) is 0 Å². The lowest BCUT2D eigenvalue weighted by atomic mass is 9.80. The maximum absolute atomic E-state index is 5.83. The van der Waals surface area contributed by atoms with Crippen LogP contribution in [-0.2, 0) is 4.74 Å². The van der Waals surface area contributed by atoms with Gasteiger partial charge in [-0.05, 0) is 61.7 Å². The fraction of sp³-hybridized carbons (Fsp3) is 1.00. The summed E-state index contributed by atoms with van der Waals surface area (Å²) in [5.41, 5.74) is 0.590. The van der Waals surface area contributed by atoms with E-state index >= 15 is 0 Å². The van der Waals surface area contributed by atoms with Gasteiger partial charge in [-0.1, -0.05) is 13.8 Å². The summed E-state index contributed by atoms with van der Waals surface area (Å²) in [5.74, 6) is 2.83. The van der Waals surface area contributed by atoms with Gasteiger partial charge in [-0.15, -0.1) is 0 Å². The van der Waals surface area contributed by atoms with Gasteiger partial charge in [-0.2, -0.15) is 0 Å². The third-order valence-electron chi connectivity index (χ3n) is 5.03. The second-order valence-corrected chi connectivity index (χ2v) is 7.54. The predicted molar refractivity (Wildman–Crippen MR) is 74.6 cm³/mol. The minimum absolute atomic E-state index is 0.590. The quantitative estimate of drug-likeness (QED) is 0.669. The molecule has 0 aliphatic heterocycles. The number of fused-ring (bicyclic) bond motifs is 1. The molecule has 3 fully saturated rings. The van der Waals surface area contributed by atoms with E-state index in [2.05, 4.69) is 19.2 Å². The smallest absolute Gasteiger partial charge is 0.0488 e. The second kappa shape index (κ2) is 5.13. The molecule has 18 heavy (non-hydrogen) atoms. The van der Waals surface area contributed by atoms with E-state index in [0.717, 1.165) is 31.1 Å². The van der Waals surface area contributed by atoms with Crippen molar-refractivity contribution in [3.63, 3.8) is 0 Å². The summed E-state index contributed by atoms with van der Waals surface area (Å²) in [7, 11) is 0. The van der Waals surface area contributed by atoms with Crippen LogP contribution in [0.1, 0.15) is 52.4 Å². The number of hydrogen-bond acceptors (Lipinski definition) is 2. The average Bonchev–Trinajstić information content (AvgIpc) is 3.23. The molecule has 0 spiro atoms. The molecule has 1 N–H and O–H groups in total. The van der Waals surface area contributed by atoms with Gasteiger partial charge in [0.2, 0.25) is 0 Å². The molecule has 0 heterocycles. The van der Waals surface area contributed by atoms with Crippen molar-refractivity contribution >= 4 is 0 Å². The number of rotatable bonds is 8. The molecule has 104 valence electrons. The van der Waals surface area contributed by atoms with E-state index in [1.165, 1.54) is 45.1 Å². The highest BCUT2D eigenvalue weighted by atomic mass is 16.5. The van der Waals surface area contributed by atoms with Crippen molar-refractivity contribution in [3.8, 4) is 0 Å². The van der Waals surface area contributed by atoms with Crippen LogP contribution in [0.5, 0.6) is 0 Å². The second-order valence-electron chi connectivity index (χ2n) is 7.54. The van der Waals surface area contributed by atoms with Crippen LogP contribution in [0.2, 0.25) is 0 Å². The fourth-order valence-corrected chi connectivity index (χ4v) is 3.70. The summed E-state index contributed by atoms with van der Waals surface area (Å²) in [5, 5.41) is 3.77. The van der Waals surface area contributed by atoms with Crippen LogP contribution in [0.4, 0.5) is 0 Å². The Morgan fingerprint density at radius 2 is 1.94 bits per heavy atom. The van der Waals surface area contributed by atoms with E-state index in [1.54, 1.807) is 0 Å². The lowest BCUT2D eigenvalue weighted by Crippen LogP contribution is -2.35. The normalized spacial score (nSPS) is 38.2. The Morgan fingerprint density at radius 3 is 2.56 bits per heavy atom. The zero-order chi connectivity index (χ0) is 12.6. The molecule has 3 aliphatic rings. The highest BCUT2D eigenvalue weighted by molar-refractivity contribution is 5.04. The Balaban J connectivity index is 1.43. The van der Waals surface area contributed by atoms with E-state index in [1.807, 2.05) is 0 Å². The van der Waals surface area contributed by atoms with Crippen molar-refractivity contribution in [1.29, 1.82) is 0 Å². The van der Waals surface area contributed by atoms with Crippen molar-refractivity contribution in [2.45, 2.75) is 58.4 Å². The van der Waals surface area contributed by atoms with Gasteiger partial charge in [0, 0.05) is 25.8 Å². The molecule has 3 rings (SSSR count). The monoisotopic (exact) mass is 251 g/mol. The van der Waals surface area contributed by atoms with E-state index in [-0.39, 0.29) is 0 Å². The van der Waals surface area contributed by atoms with Crippen molar-refractivity contribution in [3.05, 3.63) is 0 Å². The van der Waals surface area contributed by atoms with E-state index in [9.17, 15) is 0 Å². The highest BCUT2D eigenvalue weighted by Crippen LogP contribution is 2.61. The Labute approximate surface area is 112 Å². The first-order chi connectivity index (χ1) is 8.67. The fourth-order valence-electron chi connectivity index (χ4n) is 3.70. The molecule has 0 radical (unpaired) electrons. The molecule has 0 aromatic rings. The van der Waals surface area contributed by atoms with Crippen LogP contribution in [0, 0.1) is 23.2 Å². The Hall–Kier alpha value is -0.0800. The minimum Gasteiger partial charge on any atom is -0.381 e. The third kappa shape index (κ3) is 3.27. The topological polar surface area (TPSA) is 21.3 Å². The number of ether oxygens (including phenoxy) is 1. The first kappa shape index (κ1) is 12.9. The first-order valence-corrected chi connectivity index (χ1v) is 7.98. The molecule has 2 heteroatoms. The van der Waals surface area contributed by atoms with Crippen molar-refractivity contribution < 1.29 is 4.74 Å². The molecule has 3 aliphatic carbocycles. The minimum atomic E-state index is 0.590. The van der Waals surface area contributed by atoms with Crippen molar-refractivity contribution in [2.75, 3.05) is 19.8 Å². The van der Waals surface area contributed by atoms with Crippen LogP contribution in [-0.4, -0.2) is 25.8 Å². The molecule has 0 aromatic carbocycles. The zero-order valence-corrected chi connectivity index (χ0v) is 12.1. The van der Waals surface area contributed by atoms with Gasteiger partial charge in [0.1, 0.15) is 0 Å². The molecule has 3 saturated carbocycles. The molecular formula is C16H29NO. The van der Waals surface area contributed by atoms with Crippen LogP contribution >= 0.6 is 0 Å². The molecule has 2 nitrogen and oxygen atoms in total. The van der Waals surface area contributed by atoms with Crippen molar-refractivity contribution in [1.82, 2.24) is 5.32 Å². The molecule has 2 atom stereocenters. The highest BCUT2D eigenvalue weighted by Gasteiger charge is 2.53. The summed E-state index contributed by atoms with van der Waals surface area (Å²) >= 11 is 0. The summed E-state index contributed by atoms with van der Waals surface area (Å²) in [6, 6.07) is 0.857. The lowest BCUT2D eigenvalue weighted by Gasteiger charge is -2.31.